The molecule has 1 atom stereocenters. The molecule has 0 rings (SSSR count). The molecule has 0 amide bonds. The van der Waals surface area contributed by atoms with Gasteiger partial charge in [-0.3, -0.25) is 0 Å². The highest BCUT2D eigenvalue weighted by Gasteiger charge is 2.35. The van der Waals surface area contributed by atoms with E-state index in [1.807, 2.05) is 6.92 Å². The molecule has 0 nitrogen and oxygen atoms in total. The van der Waals surface area contributed by atoms with Crippen LogP contribution >= 0.6 is 22.2 Å². The maximum absolute atomic E-state index is 12.6. The molecule has 6 heteroatoms. The van der Waals surface area contributed by atoms with Crippen LogP contribution in [0.15, 0.2) is 0 Å². The predicted molar refractivity (Wildman–Crippen MR) is 52.9 cm³/mol. The van der Waals surface area contributed by atoms with Gasteiger partial charge in [0, 0.05) is 6.04 Å². The van der Waals surface area contributed by atoms with Crippen molar-refractivity contribution in [3.8, 4) is 0 Å². The topological polar surface area (TPSA) is 0 Å². The van der Waals surface area contributed by atoms with Crippen molar-refractivity contribution in [1.82, 2.24) is 0 Å². The molecule has 13 heavy (non-hydrogen) atoms. The van der Waals surface area contributed by atoms with Crippen LogP contribution in [0.25, 0.3) is 0 Å². The Kier molecular flexibility index (Phi) is 6.42. The molecule has 0 aromatic rings. The third-order valence-corrected chi connectivity index (χ3v) is 5.80. The number of hydrogen-bond acceptors (Lipinski definition) is 0. The second-order valence-corrected chi connectivity index (χ2v) is 10.6. The molecule has 0 fully saturated rings. The summed E-state index contributed by atoms with van der Waals surface area (Å²) in [6, 6.07) is 0.119. The second-order valence-electron chi connectivity index (χ2n) is 3.01. The summed E-state index contributed by atoms with van der Waals surface area (Å²) < 4.78 is 36.2. The molecule has 0 aliphatic carbocycles. The first-order valence-corrected chi connectivity index (χ1v) is 8.63. The van der Waals surface area contributed by atoms with Crippen molar-refractivity contribution < 1.29 is 13.2 Å². The van der Waals surface area contributed by atoms with Gasteiger partial charge in [0.25, 0.3) is 13.1 Å². The Morgan fingerprint density at radius 3 is 2.15 bits per heavy atom. The van der Waals surface area contributed by atoms with E-state index in [0.29, 0.717) is 6.04 Å². The maximum Gasteiger partial charge on any atom is 0.269 e. The summed E-state index contributed by atoms with van der Waals surface area (Å²) in [6.07, 6.45) is -3.47. The molecule has 0 radical (unpaired) electrons. The molecule has 0 aliphatic heterocycles. The Balaban J connectivity index is 3.86. The summed E-state index contributed by atoms with van der Waals surface area (Å²) in [6.45, 7) is -0.818. The number of hydrogen-bond donors (Lipinski definition) is 0. The van der Waals surface area contributed by atoms with Gasteiger partial charge in [0.1, 0.15) is 0 Å². The lowest BCUT2D eigenvalue weighted by Crippen LogP contribution is -2.27. The maximum atomic E-state index is 12.6. The van der Waals surface area contributed by atoms with Crippen LogP contribution in [-0.4, -0.2) is 19.3 Å². The SMILES string of the molecule is CCCC[Si](Cl)(Cl)CC(F)C(F)F. The van der Waals surface area contributed by atoms with Crippen LogP contribution in [-0.2, 0) is 0 Å². The minimum Gasteiger partial charge on any atom is -0.241 e. The van der Waals surface area contributed by atoms with Gasteiger partial charge in [0.2, 0.25) is 0 Å². The van der Waals surface area contributed by atoms with Crippen molar-refractivity contribution in [3.63, 3.8) is 0 Å². The highest BCUT2D eigenvalue weighted by atomic mass is 35.7. The molecule has 0 N–H and O–H groups in total. The van der Waals surface area contributed by atoms with Crippen LogP contribution in [0.2, 0.25) is 12.1 Å². The summed E-state index contributed by atoms with van der Waals surface area (Å²) in [5, 5.41) is 0. The zero-order valence-corrected chi connectivity index (χ0v) is 9.88. The van der Waals surface area contributed by atoms with Crippen LogP contribution in [0.1, 0.15) is 19.8 Å². The highest BCUT2D eigenvalue weighted by Crippen LogP contribution is 2.31. The predicted octanol–water partition coefficient (Wildman–Crippen LogP) is 4.31. The number of alkyl halides is 3. The Morgan fingerprint density at radius 1 is 1.23 bits per heavy atom. The van der Waals surface area contributed by atoms with E-state index < -0.39 is 19.3 Å². The molecule has 1 unspecified atom stereocenters. The molecule has 80 valence electrons. The Hall–Kier alpha value is 0.587. The largest absolute Gasteiger partial charge is 0.269 e. The van der Waals surface area contributed by atoms with Crippen LogP contribution < -0.4 is 0 Å². The molecule has 0 spiro atoms. The quantitative estimate of drug-likeness (QED) is 0.488. The van der Waals surface area contributed by atoms with Gasteiger partial charge in [0.15, 0.2) is 6.17 Å². The third kappa shape index (κ3) is 6.63. The fourth-order valence-corrected chi connectivity index (χ4v) is 4.42. The monoisotopic (exact) mass is 252 g/mol. The second kappa shape index (κ2) is 6.14. The zero-order valence-electron chi connectivity index (χ0n) is 7.37. The fraction of sp³-hybridized carbons (Fsp3) is 1.00. The lowest BCUT2D eigenvalue weighted by molar-refractivity contribution is 0.0599. The van der Waals surface area contributed by atoms with Crippen LogP contribution in [0, 0.1) is 0 Å². The van der Waals surface area contributed by atoms with E-state index in [1.54, 1.807) is 0 Å². The lowest BCUT2D eigenvalue weighted by Gasteiger charge is -2.18. The summed E-state index contributed by atoms with van der Waals surface area (Å²) in [4.78, 5) is 0. The summed E-state index contributed by atoms with van der Waals surface area (Å²) in [7, 11) is 0. The van der Waals surface area contributed by atoms with E-state index in [1.165, 1.54) is 0 Å². The summed E-state index contributed by atoms with van der Waals surface area (Å²) in [5.74, 6) is 0. The van der Waals surface area contributed by atoms with Crippen LogP contribution in [0.3, 0.4) is 0 Å². The Morgan fingerprint density at radius 2 is 1.77 bits per heavy atom. The van der Waals surface area contributed by atoms with Crippen molar-refractivity contribution in [2.45, 2.75) is 44.5 Å². The minimum atomic E-state index is -2.97. The lowest BCUT2D eigenvalue weighted by atomic mass is 10.4. The molecule has 0 aliphatic rings. The zero-order chi connectivity index (χ0) is 10.5. The standard InChI is InChI=1S/C7H13Cl2F3Si/c1-2-3-4-13(8,9)5-6(10)7(11)12/h6-7H,2-5H2,1H3. The van der Waals surface area contributed by atoms with Gasteiger partial charge >= 0.3 is 0 Å². The number of halogens is 5. The molecule has 0 saturated carbocycles. The number of unbranched alkanes of at least 4 members (excludes halogenated alkanes) is 1. The van der Waals surface area contributed by atoms with Crippen molar-refractivity contribution in [3.05, 3.63) is 0 Å². The average molecular weight is 253 g/mol. The Labute approximate surface area is 86.8 Å². The van der Waals surface area contributed by atoms with Crippen molar-refractivity contribution in [1.29, 1.82) is 0 Å². The van der Waals surface area contributed by atoms with E-state index in [0.717, 1.165) is 12.8 Å². The van der Waals surface area contributed by atoms with Gasteiger partial charge < -0.3 is 0 Å². The Bertz CT molecular complexity index is 144. The van der Waals surface area contributed by atoms with E-state index in [9.17, 15) is 13.2 Å². The first-order chi connectivity index (χ1) is 5.89. The molecular formula is C7H13Cl2F3Si. The van der Waals surface area contributed by atoms with E-state index in [4.69, 9.17) is 22.2 Å². The number of rotatable bonds is 6. The summed E-state index contributed by atoms with van der Waals surface area (Å²) >= 11 is 11.6. The first kappa shape index (κ1) is 13.6. The smallest absolute Gasteiger partial charge is 0.241 e. The van der Waals surface area contributed by atoms with Gasteiger partial charge in [-0.1, -0.05) is 19.8 Å². The average Bonchev–Trinajstić information content (AvgIpc) is 2.00. The van der Waals surface area contributed by atoms with Crippen molar-refractivity contribution >= 4 is 28.9 Å². The van der Waals surface area contributed by atoms with Gasteiger partial charge in [0.05, 0.1) is 0 Å². The fourth-order valence-electron chi connectivity index (χ4n) is 0.912. The van der Waals surface area contributed by atoms with Crippen LogP contribution in [0.4, 0.5) is 13.2 Å². The summed E-state index contributed by atoms with van der Waals surface area (Å²) in [5.41, 5.74) is 0. The molecule has 0 bridgehead atoms. The third-order valence-electron chi connectivity index (χ3n) is 1.66. The molecule has 0 aromatic carbocycles. The highest BCUT2D eigenvalue weighted by molar-refractivity contribution is 7.45. The molecule has 0 saturated heterocycles. The van der Waals surface area contributed by atoms with Crippen LogP contribution in [0.5, 0.6) is 0 Å². The normalized spacial score (nSPS) is 15.0. The van der Waals surface area contributed by atoms with Gasteiger partial charge in [-0.25, -0.2) is 13.2 Å². The van der Waals surface area contributed by atoms with E-state index in [-0.39, 0.29) is 6.04 Å². The van der Waals surface area contributed by atoms with Gasteiger partial charge in [-0.05, 0) is 6.04 Å². The first-order valence-electron chi connectivity index (χ1n) is 4.19. The van der Waals surface area contributed by atoms with Gasteiger partial charge in [-0.15, -0.1) is 22.2 Å². The van der Waals surface area contributed by atoms with Gasteiger partial charge in [-0.2, -0.15) is 0 Å². The van der Waals surface area contributed by atoms with Crippen molar-refractivity contribution in [2.75, 3.05) is 0 Å². The molecule has 0 heterocycles. The molecule has 0 aromatic heterocycles. The van der Waals surface area contributed by atoms with E-state index >= 15 is 0 Å². The van der Waals surface area contributed by atoms with E-state index in [2.05, 4.69) is 0 Å². The minimum absolute atomic E-state index is 0.367. The molecular weight excluding hydrogens is 240 g/mol. The van der Waals surface area contributed by atoms with Crippen molar-refractivity contribution in [2.24, 2.45) is 0 Å².